The maximum atomic E-state index is 5.60. The Morgan fingerprint density at radius 1 is 1.29 bits per heavy atom. The smallest absolute Gasteiger partial charge is 0.118 e. The fourth-order valence-electron chi connectivity index (χ4n) is 2.91. The van der Waals surface area contributed by atoms with E-state index in [2.05, 4.69) is 17.0 Å². The van der Waals surface area contributed by atoms with Crippen molar-refractivity contribution in [2.24, 2.45) is 5.92 Å². The van der Waals surface area contributed by atoms with E-state index >= 15 is 0 Å². The molecule has 2 aliphatic heterocycles. The molecule has 3 nitrogen and oxygen atoms in total. The molecule has 0 radical (unpaired) electrons. The van der Waals surface area contributed by atoms with Crippen LogP contribution in [0.1, 0.15) is 12.0 Å². The Kier molecular flexibility index (Phi) is 3.04. The van der Waals surface area contributed by atoms with Gasteiger partial charge in [-0.1, -0.05) is 12.1 Å². The predicted molar refractivity (Wildman–Crippen MR) is 66.1 cm³/mol. The summed E-state index contributed by atoms with van der Waals surface area (Å²) in [4.78, 5) is 2.56. The molecule has 0 spiro atoms. The van der Waals surface area contributed by atoms with Crippen molar-refractivity contribution in [2.45, 2.75) is 19.0 Å². The highest BCUT2D eigenvalue weighted by Gasteiger charge is 2.35. The molecule has 1 aromatic carbocycles. The maximum absolute atomic E-state index is 5.60. The summed E-state index contributed by atoms with van der Waals surface area (Å²) < 4.78 is 10.8. The van der Waals surface area contributed by atoms with Crippen molar-refractivity contribution in [3.8, 4) is 5.75 Å². The first-order valence-corrected chi connectivity index (χ1v) is 6.30. The van der Waals surface area contributed by atoms with E-state index < -0.39 is 0 Å². The molecule has 2 atom stereocenters. The number of hydrogen-bond donors (Lipinski definition) is 0. The summed E-state index contributed by atoms with van der Waals surface area (Å²) in [7, 11) is 1.70. The Hall–Kier alpha value is -1.06. The molecule has 0 N–H and O–H groups in total. The molecular formula is C14H19NO2. The average molecular weight is 233 g/mol. The molecule has 0 amide bonds. The second kappa shape index (κ2) is 4.67. The van der Waals surface area contributed by atoms with Gasteiger partial charge in [0.2, 0.25) is 0 Å². The van der Waals surface area contributed by atoms with E-state index in [0.29, 0.717) is 6.04 Å². The van der Waals surface area contributed by atoms with Crippen LogP contribution < -0.4 is 4.74 Å². The van der Waals surface area contributed by atoms with Crippen LogP contribution >= 0.6 is 0 Å². The van der Waals surface area contributed by atoms with E-state index in [9.17, 15) is 0 Å². The largest absolute Gasteiger partial charge is 0.497 e. The number of benzene rings is 1. The fourth-order valence-corrected chi connectivity index (χ4v) is 2.91. The van der Waals surface area contributed by atoms with Crippen molar-refractivity contribution in [3.63, 3.8) is 0 Å². The predicted octanol–water partition coefficient (Wildman–Crippen LogP) is 1.92. The lowest BCUT2D eigenvalue weighted by molar-refractivity contribution is 0.0521. The van der Waals surface area contributed by atoms with Gasteiger partial charge in [0.05, 0.1) is 20.3 Å². The first-order valence-electron chi connectivity index (χ1n) is 6.30. The number of methoxy groups -OCH3 is 1. The Labute approximate surface area is 102 Å². The topological polar surface area (TPSA) is 21.7 Å². The summed E-state index contributed by atoms with van der Waals surface area (Å²) in [5.74, 6) is 1.68. The van der Waals surface area contributed by atoms with E-state index in [0.717, 1.165) is 31.4 Å². The third-order valence-corrected chi connectivity index (χ3v) is 3.82. The first kappa shape index (κ1) is 11.1. The molecule has 0 aromatic heterocycles. The van der Waals surface area contributed by atoms with Gasteiger partial charge in [0.25, 0.3) is 0 Å². The van der Waals surface area contributed by atoms with Crippen LogP contribution in [0.4, 0.5) is 0 Å². The van der Waals surface area contributed by atoms with E-state index in [1.54, 1.807) is 7.11 Å². The third-order valence-electron chi connectivity index (χ3n) is 3.82. The molecule has 3 heteroatoms. The van der Waals surface area contributed by atoms with Gasteiger partial charge in [-0.2, -0.15) is 0 Å². The average Bonchev–Trinajstić information content (AvgIpc) is 2.65. The van der Waals surface area contributed by atoms with Crippen molar-refractivity contribution < 1.29 is 9.47 Å². The number of nitrogens with zero attached hydrogens (tertiary/aromatic N) is 1. The summed E-state index contributed by atoms with van der Waals surface area (Å²) in [6.45, 7) is 4.09. The lowest BCUT2D eigenvalue weighted by atomic mass is 10.1. The van der Waals surface area contributed by atoms with Gasteiger partial charge in [-0.3, -0.25) is 4.90 Å². The van der Waals surface area contributed by atoms with E-state index in [1.807, 2.05) is 12.1 Å². The lowest BCUT2D eigenvalue weighted by Crippen LogP contribution is -2.32. The Bertz CT molecular complexity index is 376. The van der Waals surface area contributed by atoms with E-state index in [1.165, 1.54) is 18.5 Å². The molecule has 1 aromatic rings. The van der Waals surface area contributed by atoms with Gasteiger partial charge in [-0.05, 0) is 30.0 Å². The van der Waals surface area contributed by atoms with Crippen LogP contribution in [-0.2, 0) is 11.3 Å². The van der Waals surface area contributed by atoms with Crippen molar-refractivity contribution in [1.82, 2.24) is 4.90 Å². The van der Waals surface area contributed by atoms with Gasteiger partial charge in [-0.25, -0.2) is 0 Å². The van der Waals surface area contributed by atoms with Crippen LogP contribution in [0.5, 0.6) is 5.75 Å². The maximum Gasteiger partial charge on any atom is 0.118 e. The summed E-state index contributed by atoms with van der Waals surface area (Å²) in [6, 6.07) is 9.02. The quantitative estimate of drug-likeness (QED) is 0.796. The monoisotopic (exact) mass is 233 g/mol. The molecule has 2 aliphatic rings. The fraction of sp³-hybridized carbons (Fsp3) is 0.571. The minimum absolute atomic E-state index is 0.635. The molecule has 0 unspecified atom stereocenters. The Balaban J connectivity index is 1.66. The van der Waals surface area contributed by atoms with Crippen LogP contribution in [0, 0.1) is 5.92 Å². The van der Waals surface area contributed by atoms with Crippen molar-refractivity contribution in [1.29, 1.82) is 0 Å². The van der Waals surface area contributed by atoms with Crippen LogP contribution in [0.25, 0.3) is 0 Å². The van der Waals surface area contributed by atoms with Gasteiger partial charge in [0, 0.05) is 19.1 Å². The minimum atomic E-state index is 0.635. The SMILES string of the molecule is COc1ccc(CN2C[C@H]3COC[C@H]2C3)cc1. The molecule has 0 aliphatic carbocycles. The van der Waals surface area contributed by atoms with Crippen LogP contribution in [0.15, 0.2) is 24.3 Å². The standard InChI is InChI=1S/C14H19NO2/c1-16-14-4-2-11(3-5-14)7-15-8-12-6-13(15)10-17-9-12/h2-5,12-13H,6-10H2,1H3/t12-,13+/m0/s1. The second-order valence-electron chi connectivity index (χ2n) is 5.07. The number of rotatable bonds is 3. The lowest BCUT2D eigenvalue weighted by Gasteiger charge is -2.24. The number of ether oxygens (including phenoxy) is 2. The van der Waals surface area contributed by atoms with Crippen LogP contribution in [-0.4, -0.2) is 37.8 Å². The second-order valence-corrected chi connectivity index (χ2v) is 5.07. The van der Waals surface area contributed by atoms with Gasteiger partial charge in [-0.15, -0.1) is 0 Å². The number of likely N-dealkylation sites (tertiary alicyclic amines) is 1. The van der Waals surface area contributed by atoms with Gasteiger partial charge >= 0.3 is 0 Å². The minimum Gasteiger partial charge on any atom is -0.497 e. The van der Waals surface area contributed by atoms with Gasteiger partial charge < -0.3 is 9.47 Å². The Morgan fingerprint density at radius 3 is 2.82 bits per heavy atom. The highest BCUT2D eigenvalue weighted by atomic mass is 16.5. The van der Waals surface area contributed by atoms with Crippen molar-refractivity contribution in [2.75, 3.05) is 26.9 Å². The Morgan fingerprint density at radius 2 is 2.12 bits per heavy atom. The number of hydrogen-bond acceptors (Lipinski definition) is 3. The zero-order valence-corrected chi connectivity index (χ0v) is 10.3. The number of fused-ring (bicyclic) bond motifs is 2. The molecule has 2 fully saturated rings. The first-order chi connectivity index (χ1) is 8.35. The zero-order chi connectivity index (χ0) is 11.7. The summed E-state index contributed by atoms with van der Waals surface area (Å²) >= 11 is 0. The normalized spacial score (nSPS) is 28.3. The van der Waals surface area contributed by atoms with Gasteiger partial charge in [0.1, 0.15) is 5.75 Å². The summed E-state index contributed by atoms with van der Waals surface area (Å²) in [5, 5.41) is 0. The highest BCUT2D eigenvalue weighted by Crippen LogP contribution is 2.29. The highest BCUT2D eigenvalue weighted by molar-refractivity contribution is 5.27. The molecule has 2 bridgehead atoms. The van der Waals surface area contributed by atoms with E-state index in [-0.39, 0.29) is 0 Å². The molecule has 3 rings (SSSR count). The van der Waals surface area contributed by atoms with Crippen LogP contribution in [0.3, 0.4) is 0 Å². The molecule has 0 saturated carbocycles. The van der Waals surface area contributed by atoms with E-state index in [4.69, 9.17) is 9.47 Å². The molecule has 2 saturated heterocycles. The van der Waals surface area contributed by atoms with Gasteiger partial charge in [0.15, 0.2) is 0 Å². The third kappa shape index (κ3) is 2.31. The molecule has 17 heavy (non-hydrogen) atoms. The molecule has 2 heterocycles. The summed E-state index contributed by atoms with van der Waals surface area (Å²) in [6.07, 6.45) is 1.32. The zero-order valence-electron chi connectivity index (χ0n) is 10.3. The van der Waals surface area contributed by atoms with Crippen LogP contribution in [0.2, 0.25) is 0 Å². The summed E-state index contributed by atoms with van der Waals surface area (Å²) in [5.41, 5.74) is 1.36. The van der Waals surface area contributed by atoms with Crippen molar-refractivity contribution >= 4 is 0 Å². The van der Waals surface area contributed by atoms with Crippen molar-refractivity contribution in [3.05, 3.63) is 29.8 Å². The molecular weight excluding hydrogens is 214 g/mol. The molecule has 92 valence electrons.